The number of hydrogen-bond acceptors (Lipinski definition) is 5. The Balaban J connectivity index is 1.46. The smallest absolute Gasteiger partial charge is 0.356 e. The number of nitrogens with zero attached hydrogens (tertiary/aromatic N) is 5. The van der Waals surface area contributed by atoms with Crippen LogP contribution in [-0.2, 0) is 6.18 Å². The highest BCUT2D eigenvalue weighted by molar-refractivity contribution is 6.05. The van der Waals surface area contributed by atoms with Crippen molar-refractivity contribution in [3.05, 3.63) is 47.4 Å². The minimum atomic E-state index is -4.40. The van der Waals surface area contributed by atoms with Crippen molar-refractivity contribution < 1.29 is 18.0 Å². The lowest BCUT2D eigenvalue weighted by Crippen LogP contribution is -2.45. The zero-order valence-corrected chi connectivity index (χ0v) is 19.7. The van der Waals surface area contributed by atoms with E-state index in [0.29, 0.717) is 43.0 Å². The van der Waals surface area contributed by atoms with Crippen LogP contribution in [0.5, 0.6) is 0 Å². The van der Waals surface area contributed by atoms with Gasteiger partial charge in [0.15, 0.2) is 5.65 Å². The molecule has 3 aromatic heterocycles. The van der Waals surface area contributed by atoms with Crippen molar-refractivity contribution in [1.29, 1.82) is 0 Å². The van der Waals surface area contributed by atoms with Gasteiger partial charge in [-0.15, -0.1) is 0 Å². The summed E-state index contributed by atoms with van der Waals surface area (Å²) in [5.41, 5.74) is 1.34. The lowest BCUT2D eigenvalue weighted by Gasteiger charge is -2.33. The summed E-state index contributed by atoms with van der Waals surface area (Å²) in [6.45, 7) is 9.31. The molecule has 4 rings (SSSR count). The van der Waals surface area contributed by atoms with Crippen molar-refractivity contribution in [2.24, 2.45) is 0 Å². The van der Waals surface area contributed by atoms with E-state index in [4.69, 9.17) is 4.98 Å². The van der Waals surface area contributed by atoms with E-state index in [0.717, 1.165) is 23.3 Å². The molecule has 0 atom stereocenters. The number of alkyl halides is 3. The average Bonchev–Trinajstić information content (AvgIpc) is 3.23. The number of piperidine rings is 1. The Bertz CT molecular complexity index is 1160. The molecule has 34 heavy (non-hydrogen) atoms. The number of hydrogen-bond donors (Lipinski definition) is 1. The lowest BCUT2D eigenvalue weighted by molar-refractivity contribution is -0.137. The van der Waals surface area contributed by atoms with Crippen molar-refractivity contribution in [3.8, 4) is 0 Å². The molecule has 1 saturated heterocycles. The molecule has 0 radical (unpaired) electrons. The van der Waals surface area contributed by atoms with Gasteiger partial charge in [0, 0.05) is 37.1 Å². The van der Waals surface area contributed by atoms with E-state index in [9.17, 15) is 18.0 Å². The number of rotatable bonds is 5. The lowest BCUT2D eigenvalue weighted by atomic mass is 10.0. The summed E-state index contributed by atoms with van der Waals surface area (Å²) in [5, 5.41) is 8.30. The highest BCUT2D eigenvalue weighted by Crippen LogP contribution is 2.30. The van der Waals surface area contributed by atoms with Crippen LogP contribution in [0.15, 0.2) is 30.6 Å². The van der Waals surface area contributed by atoms with Gasteiger partial charge in [-0.05, 0) is 50.8 Å². The summed E-state index contributed by atoms with van der Waals surface area (Å²) in [6, 6.07) is 4.37. The van der Waals surface area contributed by atoms with Crippen LogP contribution in [0.3, 0.4) is 0 Å². The molecule has 0 unspecified atom stereocenters. The fraction of sp³-hybridized carbons (Fsp3) is 0.500. The van der Waals surface area contributed by atoms with Gasteiger partial charge >= 0.3 is 6.18 Å². The molecule has 10 heteroatoms. The summed E-state index contributed by atoms with van der Waals surface area (Å²) < 4.78 is 40.2. The summed E-state index contributed by atoms with van der Waals surface area (Å²) in [4.78, 5) is 23.9. The van der Waals surface area contributed by atoms with E-state index in [2.05, 4.69) is 15.4 Å². The molecule has 7 nitrogen and oxygen atoms in total. The van der Waals surface area contributed by atoms with E-state index in [1.807, 2.05) is 43.3 Å². The zero-order valence-electron chi connectivity index (χ0n) is 19.7. The largest absolute Gasteiger partial charge is 0.417 e. The van der Waals surface area contributed by atoms with E-state index < -0.39 is 11.7 Å². The number of nitrogens with one attached hydrogen (secondary N) is 1. The van der Waals surface area contributed by atoms with E-state index in [1.165, 1.54) is 6.07 Å². The van der Waals surface area contributed by atoms with E-state index in [1.54, 1.807) is 6.20 Å². The molecule has 0 saturated carbocycles. The summed E-state index contributed by atoms with van der Waals surface area (Å²) in [5.74, 6) is 0.505. The second-order valence-corrected chi connectivity index (χ2v) is 9.31. The quantitative estimate of drug-likeness (QED) is 0.566. The number of anilines is 1. The molecule has 1 aliphatic rings. The zero-order chi connectivity index (χ0) is 24.6. The summed E-state index contributed by atoms with van der Waals surface area (Å²) in [7, 11) is 0. The fourth-order valence-electron chi connectivity index (χ4n) is 4.16. The third-order valence-electron chi connectivity index (χ3n) is 6.14. The number of carbonyl (C=O) groups is 1. The van der Waals surface area contributed by atoms with Crippen LogP contribution in [-0.4, -0.2) is 44.8 Å². The van der Waals surface area contributed by atoms with Gasteiger partial charge < -0.3 is 10.2 Å². The molecule has 0 aliphatic carbocycles. The maximum atomic E-state index is 13.3. The molecule has 4 heterocycles. The highest BCUT2D eigenvalue weighted by atomic mass is 19.4. The van der Waals surface area contributed by atoms with Crippen molar-refractivity contribution in [1.82, 2.24) is 25.1 Å². The first-order chi connectivity index (χ1) is 16.0. The second kappa shape index (κ2) is 9.23. The van der Waals surface area contributed by atoms with Crippen molar-refractivity contribution in [2.75, 3.05) is 18.0 Å². The van der Waals surface area contributed by atoms with Crippen LogP contribution in [0.25, 0.3) is 11.0 Å². The summed E-state index contributed by atoms with van der Waals surface area (Å²) in [6.07, 6.45) is -0.500. The normalized spacial score (nSPS) is 15.5. The Hall–Kier alpha value is -3.17. The number of fused-ring (bicyclic) bond motifs is 1. The average molecular weight is 475 g/mol. The van der Waals surface area contributed by atoms with Crippen LogP contribution < -0.4 is 10.2 Å². The number of halogens is 3. The van der Waals surface area contributed by atoms with Gasteiger partial charge in [-0.25, -0.2) is 14.6 Å². The van der Waals surface area contributed by atoms with Gasteiger partial charge in [-0.1, -0.05) is 13.8 Å². The van der Waals surface area contributed by atoms with E-state index in [-0.39, 0.29) is 23.9 Å². The minimum Gasteiger partial charge on any atom is -0.356 e. The molecule has 0 bridgehead atoms. The van der Waals surface area contributed by atoms with Gasteiger partial charge in [0.2, 0.25) is 0 Å². The van der Waals surface area contributed by atoms with Gasteiger partial charge in [0.05, 0.1) is 22.7 Å². The predicted molar refractivity (Wildman–Crippen MR) is 124 cm³/mol. The first-order valence-corrected chi connectivity index (χ1v) is 11.5. The molecular formula is C24H29F3N6O. The van der Waals surface area contributed by atoms with Gasteiger partial charge in [-0.2, -0.15) is 18.3 Å². The van der Waals surface area contributed by atoms with Crippen molar-refractivity contribution >= 4 is 22.8 Å². The molecule has 1 fully saturated rings. The van der Waals surface area contributed by atoms with Crippen molar-refractivity contribution in [3.63, 3.8) is 0 Å². The number of carbonyl (C=O) groups excluding carboxylic acids is 1. The minimum absolute atomic E-state index is 0.0379. The first-order valence-electron chi connectivity index (χ1n) is 11.5. The van der Waals surface area contributed by atoms with Crippen LogP contribution in [0.4, 0.5) is 19.0 Å². The van der Waals surface area contributed by atoms with Gasteiger partial charge in [-0.3, -0.25) is 4.79 Å². The molecule has 0 spiro atoms. The SMILES string of the molecule is CC(C)c1cc(C(=O)NC2CCN(c3ccc(C(F)(F)F)cn3)CC2)c2cnn(C(C)C)c2n1. The van der Waals surface area contributed by atoms with Crippen LogP contribution in [0.2, 0.25) is 0 Å². The fourth-order valence-corrected chi connectivity index (χ4v) is 4.16. The van der Waals surface area contributed by atoms with Crippen molar-refractivity contribution in [2.45, 2.75) is 64.7 Å². The van der Waals surface area contributed by atoms with Crippen LogP contribution >= 0.6 is 0 Å². The molecular weight excluding hydrogens is 445 g/mol. The Labute approximate surface area is 196 Å². The number of pyridine rings is 2. The topological polar surface area (TPSA) is 75.9 Å². The first kappa shape index (κ1) is 24.0. The third kappa shape index (κ3) is 4.85. The Morgan fingerprint density at radius 3 is 2.38 bits per heavy atom. The molecule has 0 aromatic carbocycles. The third-order valence-corrected chi connectivity index (χ3v) is 6.14. The summed E-state index contributed by atoms with van der Waals surface area (Å²) >= 11 is 0. The van der Waals surface area contributed by atoms with Crippen LogP contribution in [0.1, 0.15) is 74.1 Å². The van der Waals surface area contributed by atoms with Crippen LogP contribution in [0, 0.1) is 0 Å². The van der Waals surface area contributed by atoms with E-state index >= 15 is 0 Å². The number of amides is 1. The Morgan fingerprint density at radius 1 is 1.12 bits per heavy atom. The predicted octanol–water partition coefficient (Wildman–Crippen LogP) is 4.95. The molecule has 3 aromatic rings. The molecule has 1 amide bonds. The maximum Gasteiger partial charge on any atom is 0.417 e. The van der Waals surface area contributed by atoms with Gasteiger partial charge in [0.1, 0.15) is 5.82 Å². The number of aromatic nitrogens is 4. The Kier molecular flexibility index (Phi) is 6.51. The molecule has 182 valence electrons. The second-order valence-electron chi connectivity index (χ2n) is 9.31. The molecule has 1 aliphatic heterocycles. The maximum absolute atomic E-state index is 13.3. The standard InChI is InChI=1S/C24H29F3N6O/c1-14(2)20-11-18(19-13-29-33(15(3)4)22(19)31-20)23(34)30-17-7-9-32(10-8-17)21-6-5-16(12-28-21)24(25,26)27/h5-6,11-15,17H,7-10H2,1-4H3,(H,30,34). The Morgan fingerprint density at radius 2 is 1.82 bits per heavy atom. The molecule has 1 N–H and O–H groups in total. The van der Waals surface area contributed by atoms with Gasteiger partial charge in [0.25, 0.3) is 5.91 Å². The highest BCUT2D eigenvalue weighted by Gasteiger charge is 2.31. The monoisotopic (exact) mass is 474 g/mol.